The number of carboxylic acids is 1. The first-order valence-electron chi connectivity index (χ1n) is 10.7. The molecule has 5 rings (SSSR count). The fraction of sp³-hybridized carbons (Fsp3) is 0.167. The number of nitrogens with one attached hydrogen (secondary N) is 1. The van der Waals surface area contributed by atoms with E-state index in [1.807, 2.05) is 0 Å². The van der Waals surface area contributed by atoms with Crippen molar-refractivity contribution in [3.05, 3.63) is 97.1 Å². The smallest absolute Gasteiger partial charge is 0.356 e. The number of aromatic carboxylic acids is 1. The van der Waals surface area contributed by atoms with Crippen LogP contribution in [0.5, 0.6) is 0 Å². The Labute approximate surface area is 212 Å². The van der Waals surface area contributed by atoms with Crippen molar-refractivity contribution >= 4 is 46.3 Å². The molecule has 4 aromatic rings. The Morgan fingerprint density at radius 3 is 2.58 bits per heavy atom. The maximum absolute atomic E-state index is 14.6. The number of benzene rings is 1. The Bertz CT molecular complexity index is 1610. The number of fused-ring (bicyclic) bond motifs is 2. The lowest BCUT2D eigenvalue weighted by Gasteiger charge is -2.22. The zero-order chi connectivity index (χ0) is 25.7. The van der Waals surface area contributed by atoms with Crippen LogP contribution in [0.4, 0.5) is 20.3 Å². The predicted molar refractivity (Wildman–Crippen MR) is 131 cm³/mol. The van der Waals surface area contributed by atoms with Gasteiger partial charge in [-0.25, -0.2) is 23.5 Å². The molecule has 0 radical (unpaired) electrons. The fourth-order valence-electron chi connectivity index (χ4n) is 4.26. The van der Waals surface area contributed by atoms with Gasteiger partial charge in [0.1, 0.15) is 27.5 Å². The number of aromatic nitrogens is 3. The lowest BCUT2D eigenvalue weighted by molar-refractivity contribution is 0.0691. The summed E-state index contributed by atoms with van der Waals surface area (Å²) in [5.41, 5.74) is 1.19. The highest BCUT2D eigenvalue weighted by Crippen LogP contribution is 2.33. The van der Waals surface area contributed by atoms with Crippen LogP contribution in [-0.2, 0) is 13.1 Å². The van der Waals surface area contributed by atoms with E-state index in [4.69, 9.17) is 23.2 Å². The summed E-state index contributed by atoms with van der Waals surface area (Å²) in [5, 5.41) is 12.3. The van der Waals surface area contributed by atoms with Gasteiger partial charge in [-0.05, 0) is 48.4 Å². The number of carbonyl (C=O) groups is 1. The van der Waals surface area contributed by atoms with Gasteiger partial charge in [0.05, 0.1) is 11.7 Å². The number of nitrogens with zero attached hydrogens (tertiary/aromatic N) is 4. The topological polar surface area (TPSA) is 99.8 Å². The minimum Gasteiger partial charge on any atom is -0.476 e. The highest BCUT2D eigenvalue weighted by Gasteiger charge is 2.26. The molecule has 1 aliphatic heterocycles. The van der Waals surface area contributed by atoms with Gasteiger partial charge in [-0.2, -0.15) is 0 Å². The Hall–Kier alpha value is -3.76. The van der Waals surface area contributed by atoms with Gasteiger partial charge in [0.2, 0.25) is 0 Å². The van der Waals surface area contributed by atoms with Gasteiger partial charge in [0.25, 0.3) is 5.56 Å². The van der Waals surface area contributed by atoms with Crippen LogP contribution in [0.1, 0.15) is 40.1 Å². The Morgan fingerprint density at radius 2 is 1.83 bits per heavy atom. The Kier molecular flexibility index (Phi) is 6.01. The number of hydrogen-bond acceptors (Lipinski definition) is 6. The maximum atomic E-state index is 14.6. The van der Waals surface area contributed by atoms with Gasteiger partial charge < -0.3 is 15.3 Å². The van der Waals surface area contributed by atoms with Crippen molar-refractivity contribution in [3.63, 3.8) is 0 Å². The molecule has 1 aromatic carbocycles. The number of pyridine rings is 2. The molecular weight excluding hydrogens is 515 g/mol. The first-order chi connectivity index (χ1) is 17.1. The van der Waals surface area contributed by atoms with Crippen molar-refractivity contribution in [2.24, 2.45) is 0 Å². The Balaban J connectivity index is 1.60. The van der Waals surface area contributed by atoms with Crippen LogP contribution < -0.4 is 15.8 Å². The van der Waals surface area contributed by atoms with E-state index in [0.29, 0.717) is 6.54 Å². The van der Waals surface area contributed by atoms with Gasteiger partial charge in [0.15, 0.2) is 11.5 Å². The van der Waals surface area contributed by atoms with Crippen molar-refractivity contribution in [3.8, 4) is 0 Å². The predicted octanol–water partition coefficient (Wildman–Crippen LogP) is 5.07. The standard InChI is InChI=1S/C24H17Cl2F2N5O3/c1-11(29-17-4-5-18(25)30-20(17)24(35)36)16-7-15(28)10-33-21(16)31-22(19(26)23(33)34)32-8-12-2-3-14(27)6-13(12)9-32/h2-7,10-11,29H,8-9H2,1H3,(H,35,36)/t11-/m1/s1. The molecule has 4 heterocycles. The van der Waals surface area contributed by atoms with Crippen LogP contribution in [0.25, 0.3) is 5.65 Å². The highest BCUT2D eigenvalue weighted by atomic mass is 35.5. The number of rotatable bonds is 5. The van der Waals surface area contributed by atoms with E-state index in [1.165, 1.54) is 30.3 Å². The van der Waals surface area contributed by atoms with Crippen LogP contribution in [0.15, 0.2) is 47.4 Å². The number of carboxylic acid groups (broad SMARTS) is 1. The molecule has 0 fully saturated rings. The Morgan fingerprint density at radius 1 is 1.08 bits per heavy atom. The molecule has 36 heavy (non-hydrogen) atoms. The second-order valence-electron chi connectivity index (χ2n) is 8.33. The summed E-state index contributed by atoms with van der Waals surface area (Å²) in [6.07, 6.45) is 0.983. The number of anilines is 2. The van der Waals surface area contributed by atoms with Gasteiger partial charge in [-0.3, -0.25) is 9.20 Å². The van der Waals surface area contributed by atoms with E-state index in [9.17, 15) is 23.5 Å². The maximum Gasteiger partial charge on any atom is 0.356 e. The van der Waals surface area contributed by atoms with Crippen LogP contribution >= 0.6 is 23.2 Å². The number of hydrogen-bond donors (Lipinski definition) is 2. The molecule has 12 heteroatoms. The minimum atomic E-state index is -1.30. The molecule has 0 spiro atoms. The molecule has 1 atom stereocenters. The largest absolute Gasteiger partial charge is 0.476 e. The second kappa shape index (κ2) is 9.03. The van der Waals surface area contributed by atoms with Gasteiger partial charge in [-0.1, -0.05) is 29.3 Å². The molecule has 3 aromatic heterocycles. The molecule has 0 unspecified atom stereocenters. The monoisotopic (exact) mass is 531 g/mol. The van der Waals surface area contributed by atoms with Gasteiger partial charge in [0, 0.05) is 24.8 Å². The van der Waals surface area contributed by atoms with Crippen LogP contribution in [-0.4, -0.2) is 25.4 Å². The lowest BCUT2D eigenvalue weighted by atomic mass is 10.1. The zero-order valence-electron chi connectivity index (χ0n) is 18.6. The quantitative estimate of drug-likeness (QED) is 0.347. The number of halogens is 4. The summed E-state index contributed by atoms with van der Waals surface area (Å²) in [5.74, 6) is -2.21. The van der Waals surface area contributed by atoms with E-state index in [-0.39, 0.29) is 50.9 Å². The molecule has 184 valence electrons. The summed E-state index contributed by atoms with van der Waals surface area (Å²) in [6, 6.07) is 7.80. The van der Waals surface area contributed by atoms with Crippen molar-refractivity contribution in [1.82, 2.24) is 14.4 Å². The van der Waals surface area contributed by atoms with E-state index in [0.717, 1.165) is 21.7 Å². The summed E-state index contributed by atoms with van der Waals surface area (Å²) in [4.78, 5) is 34.9. The van der Waals surface area contributed by atoms with E-state index >= 15 is 0 Å². The third-order valence-corrected chi connectivity index (χ3v) is 6.48. The molecule has 0 amide bonds. The third-order valence-electron chi connectivity index (χ3n) is 5.94. The fourth-order valence-corrected chi connectivity index (χ4v) is 4.67. The molecule has 0 aliphatic carbocycles. The average Bonchev–Trinajstić information content (AvgIpc) is 3.25. The van der Waals surface area contributed by atoms with Crippen molar-refractivity contribution in [2.45, 2.75) is 26.1 Å². The van der Waals surface area contributed by atoms with Crippen LogP contribution in [0, 0.1) is 11.6 Å². The van der Waals surface area contributed by atoms with Crippen molar-refractivity contribution in [2.75, 3.05) is 10.2 Å². The molecule has 0 saturated carbocycles. The van der Waals surface area contributed by atoms with Gasteiger partial charge in [-0.15, -0.1) is 0 Å². The molecule has 0 saturated heterocycles. The van der Waals surface area contributed by atoms with Crippen LogP contribution in [0.3, 0.4) is 0 Å². The van der Waals surface area contributed by atoms with Gasteiger partial charge >= 0.3 is 5.97 Å². The molecular formula is C24H17Cl2F2N5O3. The summed E-state index contributed by atoms with van der Waals surface area (Å²) >= 11 is 12.2. The SMILES string of the molecule is C[C@@H](Nc1ccc(Cl)nc1C(=O)O)c1cc(F)cn2c(=O)c(Cl)c(N3Cc4ccc(F)cc4C3)nc12. The lowest BCUT2D eigenvalue weighted by Crippen LogP contribution is -2.25. The highest BCUT2D eigenvalue weighted by molar-refractivity contribution is 6.32. The minimum absolute atomic E-state index is 0.000742. The molecule has 2 N–H and O–H groups in total. The van der Waals surface area contributed by atoms with E-state index < -0.39 is 23.4 Å². The van der Waals surface area contributed by atoms with Crippen molar-refractivity contribution in [1.29, 1.82) is 0 Å². The first kappa shape index (κ1) is 24.0. The zero-order valence-corrected chi connectivity index (χ0v) is 20.1. The second-order valence-corrected chi connectivity index (χ2v) is 9.10. The third kappa shape index (κ3) is 4.22. The van der Waals surface area contributed by atoms with Crippen molar-refractivity contribution < 1.29 is 18.7 Å². The molecule has 8 nitrogen and oxygen atoms in total. The van der Waals surface area contributed by atoms with Crippen LogP contribution in [0.2, 0.25) is 10.2 Å². The normalized spacial score (nSPS) is 13.6. The van der Waals surface area contributed by atoms with E-state index in [1.54, 1.807) is 17.9 Å². The summed E-state index contributed by atoms with van der Waals surface area (Å²) in [6.45, 7) is 2.31. The first-order valence-corrected chi connectivity index (χ1v) is 11.5. The summed E-state index contributed by atoms with van der Waals surface area (Å²) in [7, 11) is 0. The summed E-state index contributed by atoms with van der Waals surface area (Å²) < 4.78 is 29.3. The molecule has 1 aliphatic rings. The molecule has 0 bridgehead atoms. The van der Waals surface area contributed by atoms with E-state index in [2.05, 4.69) is 15.3 Å². The average molecular weight is 532 g/mol.